The second-order valence-electron chi connectivity index (χ2n) is 7.23. The van der Waals surface area contributed by atoms with E-state index in [1.165, 1.54) is 29.9 Å². The highest BCUT2D eigenvalue weighted by Gasteiger charge is 2.34. The number of benzene rings is 2. The number of thiazole rings is 1. The van der Waals surface area contributed by atoms with Crippen LogP contribution >= 0.6 is 22.9 Å². The number of aromatic nitrogens is 1. The number of allylic oxidation sites excluding steroid dienone is 1. The van der Waals surface area contributed by atoms with Crippen LogP contribution < -0.4 is 19.6 Å². The quantitative estimate of drug-likeness (QED) is 0.421. The fourth-order valence-corrected chi connectivity index (χ4v) is 4.95. The molecule has 0 radical (unpaired) electrons. The Hall–Kier alpha value is -3.49. The first-order valence-corrected chi connectivity index (χ1v) is 11.1. The highest BCUT2D eigenvalue weighted by atomic mass is 35.5. The van der Waals surface area contributed by atoms with Gasteiger partial charge in [0.05, 0.1) is 22.9 Å². The van der Waals surface area contributed by atoms with Crippen LogP contribution in [0.4, 0.5) is 0 Å². The summed E-state index contributed by atoms with van der Waals surface area (Å²) in [7, 11) is 1.28. The summed E-state index contributed by atoms with van der Waals surface area (Å²) in [5.74, 6) is -0.713. The number of carbonyl (C=O) groups excluding carboxylic acids is 2. The molecular formula is C24H19ClN2O5S. The minimum atomic E-state index is -0.798. The lowest BCUT2D eigenvalue weighted by Crippen LogP contribution is -2.39. The predicted molar refractivity (Wildman–Crippen MR) is 125 cm³/mol. The van der Waals surface area contributed by atoms with Crippen molar-refractivity contribution in [1.29, 1.82) is 0 Å². The van der Waals surface area contributed by atoms with E-state index in [0.29, 0.717) is 36.9 Å². The Kier molecular flexibility index (Phi) is 6.31. The molecule has 0 bridgehead atoms. The molecule has 0 N–H and O–H groups in total. The monoisotopic (exact) mass is 482 g/mol. The number of rotatable bonds is 4. The third-order valence-corrected chi connectivity index (χ3v) is 6.41. The Labute approximate surface area is 197 Å². The summed E-state index contributed by atoms with van der Waals surface area (Å²) >= 11 is 7.64. The molecule has 0 saturated heterocycles. The van der Waals surface area contributed by atoms with E-state index >= 15 is 0 Å². The fraction of sp³-hybridized carbons (Fsp3) is 0.167. The Balaban J connectivity index is 1.98. The SMILES string of the molecule is COC(=O)C1=C(C)N=c2s/c(=C\c3ccccc3OC(C)=O)c(=O)n2[C@@H]1c1ccccc1Cl. The van der Waals surface area contributed by atoms with Gasteiger partial charge in [0, 0.05) is 17.5 Å². The summed E-state index contributed by atoms with van der Waals surface area (Å²) in [4.78, 5) is 42.6. The molecule has 33 heavy (non-hydrogen) atoms. The van der Waals surface area contributed by atoms with Crippen LogP contribution in [0.15, 0.2) is 69.6 Å². The largest absolute Gasteiger partial charge is 0.466 e. The van der Waals surface area contributed by atoms with E-state index in [-0.39, 0.29) is 11.1 Å². The number of ether oxygens (including phenoxy) is 2. The maximum Gasteiger partial charge on any atom is 0.338 e. The zero-order valence-corrected chi connectivity index (χ0v) is 19.6. The second-order valence-corrected chi connectivity index (χ2v) is 8.64. The summed E-state index contributed by atoms with van der Waals surface area (Å²) in [5.41, 5.74) is 1.48. The van der Waals surface area contributed by atoms with Crippen molar-refractivity contribution in [2.75, 3.05) is 7.11 Å². The average Bonchev–Trinajstić information content (AvgIpc) is 3.08. The number of nitrogens with zero attached hydrogens (tertiary/aromatic N) is 2. The lowest BCUT2D eigenvalue weighted by atomic mass is 9.96. The van der Waals surface area contributed by atoms with Gasteiger partial charge in [0.15, 0.2) is 4.80 Å². The first-order chi connectivity index (χ1) is 15.8. The lowest BCUT2D eigenvalue weighted by molar-refractivity contribution is -0.136. The number of halogens is 1. The third kappa shape index (κ3) is 4.27. The number of carbonyl (C=O) groups is 2. The maximum atomic E-state index is 13.6. The summed E-state index contributed by atoms with van der Waals surface area (Å²) in [5, 5.41) is 0.411. The van der Waals surface area contributed by atoms with Gasteiger partial charge in [-0.2, -0.15) is 0 Å². The van der Waals surface area contributed by atoms with E-state index in [4.69, 9.17) is 21.1 Å². The highest BCUT2D eigenvalue weighted by Crippen LogP contribution is 2.34. The summed E-state index contributed by atoms with van der Waals surface area (Å²) in [6, 6.07) is 13.1. The smallest absolute Gasteiger partial charge is 0.338 e. The van der Waals surface area contributed by atoms with Gasteiger partial charge >= 0.3 is 11.9 Å². The topological polar surface area (TPSA) is 87.0 Å². The molecular weight excluding hydrogens is 464 g/mol. The van der Waals surface area contributed by atoms with Gasteiger partial charge in [-0.15, -0.1) is 0 Å². The predicted octanol–water partition coefficient (Wildman–Crippen LogP) is 2.99. The number of fused-ring (bicyclic) bond motifs is 1. The molecule has 2 aromatic carbocycles. The van der Waals surface area contributed by atoms with Crippen molar-refractivity contribution < 1.29 is 19.1 Å². The Bertz CT molecular complexity index is 1480. The van der Waals surface area contributed by atoms with Crippen LogP contribution in [0.1, 0.15) is 31.0 Å². The van der Waals surface area contributed by atoms with E-state index in [1.54, 1.807) is 61.5 Å². The van der Waals surface area contributed by atoms with Gasteiger partial charge in [0.2, 0.25) is 0 Å². The summed E-state index contributed by atoms with van der Waals surface area (Å²) in [6.45, 7) is 3.01. The van der Waals surface area contributed by atoms with Crippen molar-refractivity contribution in [2.24, 2.45) is 4.99 Å². The van der Waals surface area contributed by atoms with Gasteiger partial charge in [0.25, 0.3) is 5.56 Å². The molecule has 2 heterocycles. The van der Waals surface area contributed by atoms with Crippen LogP contribution in [-0.2, 0) is 14.3 Å². The van der Waals surface area contributed by atoms with Gasteiger partial charge in [-0.05, 0) is 30.7 Å². The normalized spacial score (nSPS) is 15.6. The van der Waals surface area contributed by atoms with E-state index in [1.807, 2.05) is 0 Å². The Morgan fingerprint density at radius 1 is 1.15 bits per heavy atom. The minimum absolute atomic E-state index is 0.241. The highest BCUT2D eigenvalue weighted by molar-refractivity contribution is 7.07. The number of hydrogen-bond acceptors (Lipinski definition) is 7. The number of hydrogen-bond donors (Lipinski definition) is 0. The molecule has 7 nitrogen and oxygen atoms in total. The fourth-order valence-electron chi connectivity index (χ4n) is 3.67. The van der Waals surface area contributed by atoms with Crippen molar-refractivity contribution in [3.63, 3.8) is 0 Å². The number of methoxy groups -OCH3 is 1. The first-order valence-electron chi connectivity index (χ1n) is 9.94. The van der Waals surface area contributed by atoms with Crippen LogP contribution in [0.25, 0.3) is 6.08 Å². The minimum Gasteiger partial charge on any atom is -0.466 e. The van der Waals surface area contributed by atoms with E-state index in [2.05, 4.69) is 4.99 Å². The molecule has 0 aliphatic carbocycles. The van der Waals surface area contributed by atoms with Gasteiger partial charge in [-0.3, -0.25) is 14.2 Å². The molecule has 4 rings (SSSR count). The zero-order valence-electron chi connectivity index (χ0n) is 18.0. The Morgan fingerprint density at radius 3 is 2.55 bits per heavy atom. The molecule has 3 aromatic rings. The van der Waals surface area contributed by atoms with E-state index in [0.717, 1.165) is 0 Å². The maximum absolute atomic E-state index is 13.6. The molecule has 9 heteroatoms. The zero-order chi connectivity index (χ0) is 23.7. The molecule has 1 aliphatic heterocycles. The molecule has 0 spiro atoms. The van der Waals surface area contributed by atoms with E-state index < -0.39 is 18.0 Å². The van der Waals surface area contributed by atoms with Gasteiger partial charge < -0.3 is 9.47 Å². The molecule has 168 valence electrons. The van der Waals surface area contributed by atoms with E-state index in [9.17, 15) is 14.4 Å². The van der Waals surface area contributed by atoms with Crippen molar-refractivity contribution in [1.82, 2.24) is 4.57 Å². The molecule has 1 aliphatic rings. The molecule has 1 atom stereocenters. The molecule has 1 aromatic heterocycles. The third-order valence-electron chi connectivity index (χ3n) is 5.09. The first kappa shape index (κ1) is 22.7. The number of para-hydroxylation sites is 1. The molecule has 0 saturated carbocycles. The van der Waals surface area contributed by atoms with Crippen LogP contribution in [-0.4, -0.2) is 23.6 Å². The lowest BCUT2D eigenvalue weighted by Gasteiger charge is -2.25. The van der Waals surface area contributed by atoms with Crippen molar-refractivity contribution in [3.05, 3.63) is 95.6 Å². The Morgan fingerprint density at radius 2 is 1.85 bits per heavy atom. The molecule has 0 fully saturated rings. The van der Waals surface area contributed by atoms with Crippen molar-refractivity contribution in [2.45, 2.75) is 19.9 Å². The van der Waals surface area contributed by atoms with Crippen molar-refractivity contribution in [3.8, 4) is 5.75 Å². The molecule has 0 unspecified atom stereocenters. The average molecular weight is 483 g/mol. The van der Waals surface area contributed by atoms with Crippen LogP contribution in [0.3, 0.4) is 0 Å². The summed E-state index contributed by atoms with van der Waals surface area (Å²) < 4.78 is 12.1. The second kappa shape index (κ2) is 9.17. The molecule has 0 amide bonds. The van der Waals surface area contributed by atoms with Crippen LogP contribution in [0.5, 0.6) is 5.75 Å². The van der Waals surface area contributed by atoms with Gasteiger partial charge in [-0.1, -0.05) is 59.3 Å². The van der Waals surface area contributed by atoms with Crippen molar-refractivity contribution >= 4 is 41.0 Å². The van der Waals surface area contributed by atoms with Crippen LogP contribution in [0.2, 0.25) is 5.02 Å². The van der Waals surface area contributed by atoms with Gasteiger partial charge in [-0.25, -0.2) is 9.79 Å². The van der Waals surface area contributed by atoms with Gasteiger partial charge in [0.1, 0.15) is 11.8 Å². The standard InChI is InChI=1S/C24H19ClN2O5S/c1-13-20(23(30)31-3)21(16-9-5-6-10-17(16)25)27-22(29)19(33-24(27)26-13)12-15-8-4-7-11-18(15)32-14(2)28/h4-12,21H,1-3H3/b19-12-/t21-/m1/s1. The van der Waals surface area contributed by atoms with Crippen LogP contribution in [0, 0.1) is 0 Å². The number of esters is 2. The summed E-state index contributed by atoms with van der Waals surface area (Å²) in [6.07, 6.45) is 1.64.